The van der Waals surface area contributed by atoms with E-state index in [0.717, 1.165) is 5.69 Å². The molecule has 0 atom stereocenters. The van der Waals surface area contributed by atoms with Crippen molar-refractivity contribution in [1.29, 1.82) is 0 Å². The first kappa shape index (κ1) is 16.0. The largest absolute Gasteiger partial charge is 0.469 e. The highest BCUT2D eigenvalue weighted by Gasteiger charge is 2.19. The fourth-order valence-electron chi connectivity index (χ4n) is 2.06. The van der Waals surface area contributed by atoms with Crippen LogP contribution in [0.4, 0.5) is 11.4 Å². The van der Waals surface area contributed by atoms with Gasteiger partial charge in [0.25, 0.3) is 5.91 Å². The number of nitrogens with one attached hydrogen (secondary N) is 1. The number of carbonyl (C=O) groups excluding carboxylic acids is 3. The quantitative estimate of drug-likeness (QED) is 0.818. The van der Waals surface area contributed by atoms with Gasteiger partial charge in [-0.2, -0.15) is 0 Å². The van der Waals surface area contributed by atoms with E-state index in [1.54, 1.807) is 29.2 Å². The van der Waals surface area contributed by atoms with Crippen LogP contribution < -0.4 is 10.2 Å². The predicted molar refractivity (Wildman–Crippen MR) is 79.5 cm³/mol. The molecule has 0 aliphatic carbocycles. The summed E-state index contributed by atoms with van der Waals surface area (Å²) in [6, 6.07) is 6.96. The van der Waals surface area contributed by atoms with Crippen molar-refractivity contribution in [2.75, 3.05) is 37.1 Å². The van der Waals surface area contributed by atoms with Crippen molar-refractivity contribution in [1.82, 2.24) is 0 Å². The Balaban J connectivity index is 1.90. The first-order chi connectivity index (χ1) is 10.6. The van der Waals surface area contributed by atoms with Gasteiger partial charge in [-0.25, -0.2) is 0 Å². The standard InChI is InChI=1S/C15H18N2O5/c1-21-15(20)7-6-13(18)16-11-2-4-12(5-3-11)17-8-9-22-10-14(17)19/h2-5H,6-10H2,1H3,(H,16,18). The van der Waals surface area contributed by atoms with Gasteiger partial charge in [0.05, 0.1) is 20.1 Å². The van der Waals surface area contributed by atoms with E-state index in [-0.39, 0.29) is 31.3 Å². The Kier molecular flexibility index (Phi) is 5.48. The fraction of sp³-hybridized carbons (Fsp3) is 0.400. The van der Waals surface area contributed by atoms with E-state index in [2.05, 4.69) is 10.1 Å². The lowest BCUT2D eigenvalue weighted by atomic mass is 10.2. The van der Waals surface area contributed by atoms with Crippen LogP contribution in [0.5, 0.6) is 0 Å². The second-order valence-corrected chi connectivity index (χ2v) is 4.77. The average molecular weight is 306 g/mol. The second-order valence-electron chi connectivity index (χ2n) is 4.77. The minimum absolute atomic E-state index is 0.0443. The fourth-order valence-corrected chi connectivity index (χ4v) is 2.06. The number of benzene rings is 1. The van der Waals surface area contributed by atoms with Crippen molar-refractivity contribution in [2.45, 2.75) is 12.8 Å². The first-order valence-corrected chi connectivity index (χ1v) is 6.95. The van der Waals surface area contributed by atoms with Crippen LogP contribution in [0, 0.1) is 0 Å². The van der Waals surface area contributed by atoms with Crippen LogP contribution in [-0.2, 0) is 23.9 Å². The Bertz CT molecular complexity index is 556. The van der Waals surface area contributed by atoms with Gasteiger partial charge in [-0.05, 0) is 24.3 Å². The molecule has 1 aliphatic rings. The van der Waals surface area contributed by atoms with Crippen LogP contribution in [0.2, 0.25) is 0 Å². The summed E-state index contributed by atoms with van der Waals surface area (Å²) in [5.41, 5.74) is 1.38. The number of esters is 1. The van der Waals surface area contributed by atoms with Gasteiger partial charge in [0.2, 0.25) is 5.91 Å². The summed E-state index contributed by atoms with van der Waals surface area (Å²) in [5.74, 6) is -0.766. The number of ether oxygens (including phenoxy) is 2. The third-order valence-corrected chi connectivity index (χ3v) is 3.23. The lowest BCUT2D eigenvalue weighted by Crippen LogP contribution is -2.41. The molecule has 0 bridgehead atoms. The van der Waals surface area contributed by atoms with Crippen LogP contribution in [-0.4, -0.2) is 44.7 Å². The summed E-state index contributed by atoms with van der Waals surface area (Å²) in [4.78, 5) is 36.0. The maximum atomic E-state index is 11.7. The summed E-state index contributed by atoms with van der Waals surface area (Å²) < 4.78 is 9.56. The predicted octanol–water partition coefficient (Wildman–Crippen LogP) is 0.941. The lowest BCUT2D eigenvalue weighted by Gasteiger charge is -2.26. The molecule has 0 unspecified atom stereocenters. The number of morpholine rings is 1. The Morgan fingerprint density at radius 1 is 1.27 bits per heavy atom. The van der Waals surface area contributed by atoms with E-state index in [1.165, 1.54) is 7.11 Å². The van der Waals surface area contributed by atoms with Crippen LogP contribution in [0.3, 0.4) is 0 Å². The summed E-state index contributed by atoms with van der Waals surface area (Å²) in [6.45, 7) is 1.12. The first-order valence-electron chi connectivity index (χ1n) is 6.95. The van der Waals surface area contributed by atoms with Gasteiger partial charge in [-0.15, -0.1) is 0 Å². The van der Waals surface area contributed by atoms with Gasteiger partial charge >= 0.3 is 5.97 Å². The highest BCUT2D eigenvalue weighted by molar-refractivity contribution is 5.96. The average Bonchev–Trinajstić information content (AvgIpc) is 2.54. The molecule has 1 aliphatic heterocycles. The van der Waals surface area contributed by atoms with Crippen molar-refractivity contribution in [3.05, 3.63) is 24.3 Å². The molecule has 7 heteroatoms. The molecule has 1 saturated heterocycles. The molecular weight excluding hydrogens is 288 g/mol. The molecule has 22 heavy (non-hydrogen) atoms. The van der Waals surface area contributed by atoms with Crippen LogP contribution in [0.25, 0.3) is 0 Å². The molecule has 7 nitrogen and oxygen atoms in total. The molecule has 0 saturated carbocycles. The Hall–Kier alpha value is -2.41. The third-order valence-electron chi connectivity index (χ3n) is 3.23. The van der Waals surface area contributed by atoms with E-state index in [9.17, 15) is 14.4 Å². The number of methoxy groups -OCH3 is 1. The van der Waals surface area contributed by atoms with Crippen LogP contribution >= 0.6 is 0 Å². The van der Waals surface area contributed by atoms with Crippen molar-refractivity contribution < 1.29 is 23.9 Å². The van der Waals surface area contributed by atoms with Gasteiger partial charge in [0.15, 0.2) is 0 Å². The molecule has 0 spiro atoms. The second kappa shape index (κ2) is 7.56. The van der Waals surface area contributed by atoms with Gasteiger partial charge in [-0.1, -0.05) is 0 Å². The Morgan fingerprint density at radius 3 is 2.64 bits per heavy atom. The maximum Gasteiger partial charge on any atom is 0.306 e. The van der Waals surface area contributed by atoms with Gasteiger partial charge in [0, 0.05) is 24.3 Å². The van der Waals surface area contributed by atoms with E-state index in [0.29, 0.717) is 18.8 Å². The number of nitrogens with zero attached hydrogens (tertiary/aromatic N) is 1. The lowest BCUT2D eigenvalue weighted by molar-refractivity contribution is -0.141. The van der Waals surface area contributed by atoms with Crippen molar-refractivity contribution in [3.8, 4) is 0 Å². The third kappa shape index (κ3) is 4.29. The molecule has 1 N–H and O–H groups in total. The smallest absolute Gasteiger partial charge is 0.306 e. The van der Waals surface area contributed by atoms with Gasteiger partial charge < -0.3 is 19.7 Å². The molecule has 1 aromatic rings. The minimum atomic E-state index is -0.420. The topological polar surface area (TPSA) is 84.9 Å². The van der Waals surface area contributed by atoms with Crippen molar-refractivity contribution in [3.63, 3.8) is 0 Å². The molecular formula is C15H18N2O5. The molecule has 1 aromatic carbocycles. The molecule has 118 valence electrons. The molecule has 2 amide bonds. The van der Waals surface area contributed by atoms with Crippen molar-refractivity contribution in [2.24, 2.45) is 0 Å². The summed E-state index contributed by atoms with van der Waals surface area (Å²) >= 11 is 0. The summed E-state index contributed by atoms with van der Waals surface area (Å²) in [7, 11) is 1.28. The molecule has 1 fully saturated rings. The molecule has 2 rings (SSSR count). The number of rotatable bonds is 5. The zero-order valence-electron chi connectivity index (χ0n) is 12.3. The number of hydrogen-bond acceptors (Lipinski definition) is 5. The summed E-state index contributed by atoms with van der Waals surface area (Å²) in [6.07, 6.45) is 0.110. The Morgan fingerprint density at radius 2 is 2.00 bits per heavy atom. The van der Waals surface area contributed by atoms with E-state index in [4.69, 9.17) is 4.74 Å². The minimum Gasteiger partial charge on any atom is -0.469 e. The maximum absolute atomic E-state index is 11.7. The highest BCUT2D eigenvalue weighted by atomic mass is 16.5. The number of hydrogen-bond donors (Lipinski definition) is 1. The zero-order valence-corrected chi connectivity index (χ0v) is 12.3. The van der Waals surface area contributed by atoms with E-state index < -0.39 is 5.97 Å². The van der Waals surface area contributed by atoms with E-state index in [1.807, 2.05) is 0 Å². The highest BCUT2D eigenvalue weighted by Crippen LogP contribution is 2.19. The monoisotopic (exact) mass is 306 g/mol. The van der Waals surface area contributed by atoms with Gasteiger partial charge in [-0.3, -0.25) is 14.4 Å². The van der Waals surface area contributed by atoms with Crippen LogP contribution in [0.15, 0.2) is 24.3 Å². The van der Waals surface area contributed by atoms with Crippen LogP contribution in [0.1, 0.15) is 12.8 Å². The van der Waals surface area contributed by atoms with Gasteiger partial charge in [0.1, 0.15) is 6.61 Å². The number of amides is 2. The van der Waals surface area contributed by atoms with Crippen molar-refractivity contribution >= 4 is 29.2 Å². The zero-order chi connectivity index (χ0) is 15.9. The molecule has 0 radical (unpaired) electrons. The summed E-state index contributed by atoms with van der Waals surface area (Å²) in [5, 5.41) is 2.69. The number of anilines is 2. The normalized spacial score (nSPS) is 14.6. The SMILES string of the molecule is COC(=O)CCC(=O)Nc1ccc(N2CCOCC2=O)cc1. The van der Waals surface area contributed by atoms with E-state index >= 15 is 0 Å². The molecule has 1 heterocycles. The molecule has 0 aromatic heterocycles. The Labute approximate surface area is 128 Å². The number of carbonyl (C=O) groups is 3.